The SMILES string of the molecule is Cc1ccc(-c2nc(-c3ccc(C)c(NC(=O)c4cnc5ccccn45)c3)no2)cn1. The minimum absolute atomic E-state index is 0.251. The van der Waals surface area contributed by atoms with Crippen molar-refractivity contribution in [2.45, 2.75) is 13.8 Å². The Bertz CT molecular complexity index is 1400. The lowest BCUT2D eigenvalue weighted by atomic mass is 10.1. The summed E-state index contributed by atoms with van der Waals surface area (Å²) in [7, 11) is 0. The molecule has 1 N–H and O–H groups in total. The number of nitrogens with zero attached hydrogens (tertiary/aromatic N) is 5. The average Bonchev–Trinajstić information content (AvgIpc) is 3.43. The third-order valence-electron chi connectivity index (χ3n) is 4.98. The van der Waals surface area contributed by atoms with Gasteiger partial charge in [0.1, 0.15) is 11.3 Å². The number of benzene rings is 1. The fourth-order valence-electron chi connectivity index (χ4n) is 3.23. The molecular formula is C23H18N6O2. The quantitative estimate of drug-likeness (QED) is 0.474. The normalized spacial score (nSPS) is 11.0. The highest BCUT2D eigenvalue weighted by molar-refractivity contribution is 6.04. The van der Waals surface area contributed by atoms with Crippen LogP contribution in [0.15, 0.2) is 71.6 Å². The van der Waals surface area contributed by atoms with Crippen molar-refractivity contribution in [1.29, 1.82) is 0 Å². The highest BCUT2D eigenvalue weighted by Crippen LogP contribution is 2.26. The van der Waals surface area contributed by atoms with Gasteiger partial charge in [-0.3, -0.25) is 14.2 Å². The van der Waals surface area contributed by atoms with Crippen molar-refractivity contribution in [1.82, 2.24) is 24.5 Å². The molecule has 0 saturated carbocycles. The predicted molar refractivity (Wildman–Crippen MR) is 116 cm³/mol. The number of fused-ring (bicyclic) bond motifs is 1. The number of rotatable bonds is 4. The van der Waals surface area contributed by atoms with Crippen LogP contribution in [-0.4, -0.2) is 30.4 Å². The van der Waals surface area contributed by atoms with Crippen LogP contribution in [0.3, 0.4) is 0 Å². The summed E-state index contributed by atoms with van der Waals surface area (Å²) >= 11 is 0. The molecule has 0 spiro atoms. The number of imidazole rings is 1. The number of pyridine rings is 2. The Morgan fingerprint density at radius 2 is 1.87 bits per heavy atom. The zero-order chi connectivity index (χ0) is 21.4. The van der Waals surface area contributed by atoms with E-state index in [1.54, 1.807) is 23.0 Å². The van der Waals surface area contributed by atoms with Crippen LogP contribution in [0.5, 0.6) is 0 Å². The molecule has 4 aromatic heterocycles. The first-order valence-electron chi connectivity index (χ1n) is 9.70. The van der Waals surface area contributed by atoms with Crippen molar-refractivity contribution in [3.63, 3.8) is 0 Å². The lowest BCUT2D eigenvalue weighted by Gasteiger charge is -2.09. The molecule has 0 fully saturated rings. The van der Waals surface area contributed by atoms with Crippen LogP contribution in [0.2, 0.25) is 0 Å². The molecule has 0 aliphatic carbocycles. The third kappa shape index (κ3) is 3.55. The maximum atomic E-state index is 12.9. The van der Waals surface area contributed by atoms with Gasteiger partial charge in [-0.1, -0.05) is 23.4 Å². The Kier molecular flexibility index (Phi) is 4.51. The molecule has 152 valence electrons. The van der Waals surface area contributed by atoms with Gasteiger partial charge in [0.05, 0.1) is 11.8 Å². The van der Waals surface area contributed by atoms with E-state index >= 15 is 0 Å². The molecular weight excluding hydrogens is 392 g/mol. The lowest BCUT2D eigenvalue weighted by Crippen LogP contribution is -2.15. The van der Waals surface area contributed by atoms with E-state index in [2.05, 4.69) is 25.4 Å². The van der Waals surface area contributed by atoms with Gasteiger partial charge in [-0.25, -0.2) is 4.98 Å². The molecule has 5 aromatic rings. The van der Waals surface area contributed by atoms with Crippen LogP contribution in [0, 0.1) is 13.8 Å². The second-order valence-electron chi connectivity index (χ2n) is 7.17. The highest BCUT2D eigenvalue weighted by Gasteiger charge is 2.16. The van der Waals surface area contributed by atoms with E-state index in [9.17, 15) is 4.79 Å². The van der Waals surface area contributed by atoms with Gasteiger partial charge in [-0.15, -0.1) is 0 Å². The van der Waals surface area contributed by atoms with Crippen molar-refractivity contribution in [3.05, 3.63) is 84.1 Å². The highest BCUT2D eigenvalue weighted by atomic mass is 16.5. The maximum absolute atomic E-state index is 12.9. The van der Waals surface area contributed by atoms with Crippen LogP contribution in [-0.2, 0) is 0 Å². The first kappa shape index (κ1) is 18.7. The number of hydrogen-bond donors (Lipinski definition) is 1. The topological polar surface area (TPSA) is 98.2 Å². The van der Waals surface area contributed by atoms with Gasteiger partial charge >= 0.3 is 0 Å². The largest absolute Gasteiger partial charge is 0.334 e. The number of anilines is 1. The Morgan fingerprint density at radius 1 is 1.00 bits per heavy atom. The minimum Gasteiger partial charge on any atom is -0.334 e. The summed E-state index contributed by atoms with van der Waals surface area (Å²) in [6.07, 6.45) is 5.07. The average molecular weight is 410 g/mol. The number of aryl methyl sites for hydroxylation is 2. The number of carbonyl (C=O) groups excluding carboxylic acids is 1. The van der Waals surface area contributed by atoms with E-state index in [-0.39, 0.29) is 5.91 Å². The van der Waals surface area contributed by atoms with Crippen molar-refractivity contribution in [2.75, 3.05) is 5.32 Å². The van der Waals surface area contributed by atoms with Crippen molar-refractivity contribution in [3.8, 4) is 22.8 Å². The van der Waals surface area contributed by atoms with Gasteiger partial charge in [0.25, 0.3) is 11.8 Å². The summed E-state index contributed by atoms with van der Waals surface area (Å²) in [5, 5.41) is 7.05. The summed E-state index contributed by atoms with van der Waals surface area (Å²) in [5.41, 5.74) is 5.13. The zero-order valence-electron chi connectivity index (χ0n) is 16.9. The molecule has 0 saturated heterocycles. The number of nitrogens with one attached hydrogen (secondary N) is 1. The molecule has 5 rings (SSSR count). The summed E-state index contributed by atoms with van der Waals surface area (Å²) in [6.45, 7) is 3.84. The molecule has 1 amide bonds. The number of amides is 1. The van der Waals surface area contributed by atoms with Gasteiger partial charge in [-0.2, -0.15) is 4.98 Å². The number of aromatic nitrogens is 5. The van der Waals surface area contributed by atoms with Gasteiger partial charge in [-0.05, 0) is 49.7 Å². The van der Waals surface area contributed by atoms with Gasteiger partial charge in [0.2, 0.25) is 5.82 Å². The summed E-state index contributed by atoms with van der Waals surface area (Å²) in [4.78, 5) is 25.9. The Labute approximate surface area is 177 Å². The second-order valence-corrected chi connectivity index (χ2v) is 7.17. The molecule has 0 atom stereocenters. The smallest absolute Gasteiger partial charge is 0.274 e. The summed E-state index contributed by atoms with van der Waals surface area (Å²) < 4.78 is 7.15. The van der Waals surface area contributed by atoms with Crippen molar-refractivity contribution < 1.29 is 9.32 Å². The van der Waals surface area contributed by atoms with E-state index in [0.717, 1.165) is 22.4 Å². The van der Waals surface area contributed by atoms with Gasteiger partial charge in [0.15, 0.2) is 0 Å². The fraction of sp³-hybridized carbons (Fsp3) is 0.0870. The second kappa shape index (κ2) is 7.49. The lowest BCUT2D eigenvalue weighted by molar-refractivity contribution is 0.102. The van der Waals surface area contributed by atoms with E-state index in [0.29, 0.717) is 28.7 Å². The van der Waals surface area contributed by atoms with Crippen LogP contribution in [0.1, 0.15) is 21.7 Å². The van der Waals surface area contributed by atoms with Gasteiger partial charge in [0, 0.05) is 29.3 Å². The molecule has 1 aromatic carbocycles. The molecule has 31 heavy (non-hydrogen) atoms. The number of carbonyl (C=O) groups is 1. The Hall–Kier alpha value is -4.33. The molecule has 4 heterocycles. The summed E-state index contributed by atoms with van der Waals surface area (Å²) in [5.74, 6) is 0.568. The molecule has 0 aliphatic heterocycles. The van der Waals surface area contributed by atoms with Crippen molar-refractivity contribution in [2.24, 2.45) is 0 Å². The van der Waals surface area contributed by atoms with E-state index in [1.165, 1.54) is 0 Å². The molecule has 8 nitrogen and oxygen atoms in total. The summed E-state index contributed by atoms with van der Waals surface area (Å²) in [6, 6.07) is 15.0. The van der Waals surface area contributed by atoms with Gasteiger partial charge < -0.3 is 9.84 Å². The standard InChI is InChI=1S/C23H18N6O2/c1-14-6-8-16(21-27-23(31-28-21)17-9-7-15(2)24-12-17)11-18(14)26-22(30)19-13-25-20-5-3-4-10-29(19)20/h3-13H,1-2H3,(H,26,30). The molecule has 0 bridgehead atoms. The van der Waals surface area contributed by atoms with Crippen LogP contribution >= 0.6 is 0 Å². The third-order valence-corrected chi connectivity index (χ3v) is 4.98. The maximum Gasteiger partial charge on any atom is 0.274 e. The predicted octanol–water partition coefficient (Wildman–Crippen LogP) is 4.32. The number of hydrogen-bond acceptors (Lipinski definition) is 6. The zero-order valence-corrected chi connectivity index (χ0v) is 16.9. The molecule has 0 radical (unpaired) electrons. The van der Waals surface area contributed by atoms with E-state index in [4.69, 9.17) is 4.52 Å². The van der Waals surface area contributed by atoms with Crippen LogP contribution in [0.25, 0.3) is 28.5 Å². The van der Waals surface area contributed by atoms with Crippen LogP contribution in [0.4, 0.5) is 5.69 Å². The molecule has 0 unspecified atom stereocenters. The fourth-order valence-corrected chi connectivity index (χ4v) is 3.23. The monoisotopic (exact) mass is 410 g/mol. The van der Waals surface area contributed by atoms with E-state index < -0.39 is 0 Å². The molecule has 0 aliphatic rings. The molecule has 8 heteroatoms. The first-order chi connectivity index (χ1) is 15.1. The first-order valence-corrected chi connectivity index (χ1v) is 9.70. The van der Waals surface area contributed by atoms with E-state index in [1.807, 2.05) is 62.4 Å². The van der Waals surface area contributed by atoms with Crippen LogP contribution < -0.4 is 5.32 Å². The van der Waals surface area contributed by atoms with Crippen molar-refractivity contribution >= 4 is 17.2 Å². The Morgan fingerprint density at radius 3 is 2.71 bits per heavy atom. The Balaban J connectivity index is 1.43. The minimum atomic E-state index is -0.251.